The number of H-pyrrole nitrogens is 1. The second-order valence-electron chi connectivity index (χ2n) is 5.20. The van der Waals surface area contributed by atoms with Gasteiger partial charge in [-0.25, -0.2) is 0 Å². The summed E-state index contributed by atoms with van der Waals surface area (Å²) in [5.41, 5.74) is -0.125. The molecule has 1 amide bonds. The Morgan fingerprint density at radius 1 is 1.26 bits per heavy atom. The number of rotatable bonds is 2. The van der Waals surface area contributed by atoms with Crippen LogP contribution < -0.4 is 15.2 Å². The van der Waals surface area contributed by atoms with Crippen molar-refractivity contribution in [1.29, 1.82) is 0 Å². The van der Waals surface area contributed by atoms with E-state index in [0.717, 1.165) is 5.76 Å². The molecule has 0 aliphatic carbocycles. The predicted octanol–water partition coefficient (Wildman–Crippen LogP) is 3.00. The standard InChI is InChI=1S/C14H16N2O3/c1-14(2,3)11-9-12(16-19-11)15-13(17)18-10-7-5-4-6-8-10/h4-9H,1-3H3,(H,15,16,17)/p+1. The van der Waals surface area contributed by atoms with Crippen LogP contribution >= 0.6 is 0 Å². The van der Waals surface area contributed by atoms with E-state index < -0.39 is 6.09 Å². The van der Waals surface area contributed by atoms with Crippen LogP contribution in [0.5, 0.6) is 5.75 Å². The van der Waals surface area contributed by atoms with E-state index in [4.69, 9.17) is 9.26 Å². The number of aromatic nitrogens is 1. The number of hydrogen-bond donors (Lipinski definition) is 1. The van der Waals surface area contributed by atoms with E-state index in [-0.39, 0.29) is 5.41 Å². The van der Waals surface area contributed by atoms with Gasteiger partial charge >= 0.3 is 11.9 Å². The van der Waals surface area contributed by atoms with Gasteiger partial charge in [-0.3, -0.25) is 0 Å². The third kappa shape index (κ3) is 3.58. The fourth-order valence-corrected chi connectivity index (χ4v) is 1.46. The lowest BCUT2D eigenvalue weighted by atomic mass is 9.93. The number of para-hydroxylation sites is 1. The van der Waals surface area contributed by atoms with Crippen molar-refractivity contribution >= 4 is 11.9 Å². The topological polar surface area (TPSA) is 65.6 Å². The normalized spacial score (nSPS) is 11.1. The van der Waals surface area contributed by atoms with E-state index in [0.29, 0.717) is 11.6 Å². The maximum atomic E-state index is 11.6. The van der Waals surface area contributed by atoms with Gasteiger partial charge in [0, 0.05) is 5.41 Å². The molecule has 100 valence electrons. The quantitative estimate of drug-likeness (QED) is 0.903. The number of nitrogens with one attached hydrogen (secondary N) is 2. The molecule has 1 aromatic heterocycles. The number of carbonyl (C=O) groups excluding carboxylic acids is 1. The highest BCUT2D eigenvalue weighted by Gasteiger charge is 2.24. The average molecular weight is 261 g/mol. The van der Waals surface area contributed by atoms with Crippen LogP contribution in [0, 0.1) is 0 Å². The Morgan fingerprint density at radius 2 is 1.95 bits per heavy atom. The number of amides is 1. The van der Waals surface area contributed by atoms with Gasteiger partial charge in [0.1, 0.15) is 5.75 Å². The minimum Gasteiger partial charge on any atom is -0.392 e. The monoisotopic (exact) mass is 261 g/mol. The van der Waals surface area contributed by atoms with Gasteiger partial charge in [0.25, 0.3) is 0 Å². The Bertz CT molecular complexity index is 556. The molecule has 0 bridgehead atoms. The largest absolute Gasteiger partial charge is 0.510 e. The Morgan fingerprint density at radius 3 is 2.53 bits per heavy atom. The molecule has 5 nitrogen and oxygen atoms in total. The summed E-state index contributed by atoms with van der Waals surface area (Å²) in [6, 6.07) is 10.6. The molecule has 0 fully saturated rings. The van der Waals surface area contributed by atoms with E-state index in [1.807, 2.05) is 26.8 Å². The SMILES string of the molecule is CC(C)(C)c1cc(NC(=O)Oc2ccccc2)[nH+]o1. The second-order valence-corrected chi connectivity index (χ2v) is 5.20. The number of aromatic amines is 1. The number of anilines is 1. The zero-order chi connectivity index (χ0) is 13.9. The molecule has 1 heterocycles. The van der Waals surface area contributed by atoms with Crippen molar-refractivity contribution in [1.82, 2.24) is 0 Å². The maximum Gasteiger partial charge on any atom is 0.510 e. The van der Waals surface area contributed by atoms with Crippen molar-refractivity contribution in [3.8, 4) is 5.75 Å². The summed E-state index contributed by atoms with van der Waals surface area (Å²) in [5, 5.41) is 5.21. The molecule has 0 radical (unpaired) electrons. The number of hydrogen-bond acceptors (Lipinski definition) is 3. The highest BCUT2D eigenvalue weighted by molar-refractivity contribution is 5.84. The molecule has 0 aliphatic rings. The van der Waals surface area contributed by atoms with Gasteiger partial charge in [0.15, 0.2) is 5.76 Å². The molecule has 19 heavy (non-hydrogen) atoms. The molecule has 2 aromatic rings. The minimum absolute atomic E-state index is 0.125. The Labute approximate surface area is 111 Å². The van der Waals surface area contributed by atoms with Crippen LogP contribution in [0.1, 0.15) is 26.5 Å². The highest BCUT2D eigenvalue weighted by Crippen LogP contribution is 2.22. The van der Waals surface area contributed by atoms with Crippen molar-refractivity contribution in [2.24, 2.45) is 0 Å². The Hall–Kier alpha value is -2.30. The van der Waals surface area contributed by atoms with Gasteiger partial charge in [-0.1, -0.05) is 44.1 Å². The Balaban J connectivity index is 1.98. The zero-order valence-corrected chi connectivity index (χ0v) is 11.2. The van der Waals surface area contributed by atoms with Crippen molar-refractivity contribution in [3.05, 3.63) is 42.2 Å². The van der Waals surface area contributed by atoms with Crippen LogP contribution in [-0.2, 0) is 5.41 Å². The summed E-state index contributed by atoms with van der Waals surface area (Å²) < 4.78 is 10.4. The first-order chi connectivity index (χ1) is 8.95. The van der Waals surface area contributed by atoms with Crippen LogP contribution in [0.2, 0.25) is 0 Å². The van der Waals surface area contributed by atoms with Crippen LogP contribution in [-0.4, -0.2) is 6.09 Å². The van der Waals surface area contributed by atoms with Crippen molar-refractivity contribution < 1.29 is 19.2 Å². The van der Waals surface area contributed by atoms with E-state index in [2.05, 4.69) is 10.5 Å². The van der Waals surface area contributed by atoms with Gasteiger partial charge in [-0.15, -0.1) is 0 Å². The molecule has 0 spiro atoms. The summed E-state index contributed by atoms with van der Waals surface area (Å²) in [7, 11) is 0. The van der Waals surface area contributed by atoms with Crippen LogP contribution in [0.4, 0.5) is 10.6 Å². The molecule has 0 aliphatic heterocycles. The van der Waals surface area contributed by atoms with E-state index >= 15 is 0 Å². The number of benzene rings is 1. The molecule has 5 heteroatoms. The summed E-state index contributed by atoms with van der Waals surface area (Å²) in [5.74, 6) is 1.70. The third-order valence-corrected chi connectivity index (χ3v) is 2.48. The number of carbonyl (C=O) groups is 1. The first-order valence-corrected chi connectivity index (χ1v) is 6.01. The number of ether oxygens (including phenoxy) is 1. The summed E-state index contributed by atoms with van der Waals surface area (Å²) in [4.78, 5) is 11.6. The molecule has 0 atom stereocenters. The van der Waals surface area contributed by atoms with Crippen LogP contribution in [0.15, 0.2) is 40.9 Å². The van der Waals surface area contributed by atoms with E-state index in [9.17, 15) is 4.79 Å². The minimum atomic E-state index is -0.566. The third-order valence-electron chi connectivity index (χ3n) is 2.48. The summed E-state index contributed by atoms with van der Waals surface area (Å²) in [6.45, 7) is 6.06. The first kappa shape index (κ1) is 13.1. The first-order valence-electron chi connectivity index (χ1n) is 6.01. The molecule has 0 saturated heterocycles. The smallest absolute Gasteiger partial charge is 0.392 e. The molecule has 0 unspecified atom stereocenters. The van der Waals surface area contributed by atoms with Gasteiger partial charge in [0.2, 0.25) is 0 Å². The average Bonchev–Trinajstić information content (AvgIpc) is 2.78. The van der Waals surface area contributed by atoms with Crippen LogP contribution in [0.25, 0.3) is 0 Å². The van der Waals surface area contributed by atoms with E-state index in [1.165, 1.54) is 0 Å². The van der Waals surface area contributed by atoms with Gasteiger partial charge in [-0.05, 0) is 12.1 Å². The molecular formula is C14H17N2O3+. The lowest BCUT2D eigenvalue weighted by Crippen LogP contribution is -2.20. The lowest BCUT2D eigenvalue weighted by Gasteiger charge is -2.10. The van der Waals surface area contributed by atoms with Crippen molar-refractivity contribution in [3.63, 3.8) is 0 Å². The maximum absolute atomic E-state index is 11.6. The fourth-order valence-electron chi connectivity index (χ4n) is 1.46. The predicted molar refractivity (Wildman–Crippen MR) is 70.1 cm³/mol. The Kier molecular flexibility index (Phi) is 3.55. The van der Waals surface area contributed by atoms with Crippen molar-refractivity contribution in [2.75, 3.05) is 5.32 Å². The molecule has 2 rings (SSSR count). The lowest BCUT2D eigenvalue weighted by molar-refractivity contribution is -0.598. The fraction of sp³-hybridized carbons (Fsp3) is 0.286. The van der Waals surface area contributed by atoms with Gasteiger partial charge in [0.05, 0.1) is 6.07 Å². The summed E-state index contributed by atoms with van der Waals surface area (Å²) in [6.07, 6.45) is -0.566. The van der Waals surface area contributed by atoms with Gasteiger partial charge in [-0.2, -0.15) is 10.1 Å². The molecule has 1 aromatic carbocycles. The molecule has 0 saturated carbocycles. The van der Waals surface area contributed by atoms with E-state index in [1.54, 1.807) is 30.3 Å². The summed E-state index contributed by atoms with van der Waals surface area (Å²) >= 11 is 0. The molecule has 2 N–H and O–H groups in total. The van der Waals surface area contributed by atoms with Crippen molar-refractivity contribution in [2.45, 2.75) is 26.2 Å². The highest BCUT2D eigenvalue weighted by atomic mass is 16.6. The zero-order valence-electron chi connectivity index (χ0n) is 11.2. The van der Waals surface area contributed by atoms with Crippen LogP contribution in [0.3, 0.4) is 0 Å². The second kappa shape index (κ2) is 5.14. The van der Waals surface area contributed by atoms with Gasteiger partial charge < -0.3 is 9.26 Å². The molecular weight excluding hydrogens is 244 g/mol.